The van der Waals surface area contributed by atoms with Gasteiger partial charge in [0.05, 0.1) is 19.9 Å². The van der Waals surface area contributed by atoms with Gasteiger partial charge in [0.15, 0.2) is 11.5 Å². The Morgan fingerprint density at radius 3 is 2.09 bits per heavy atom. The Balaban J connectivity index is 2.16. The molecule has 4 aromatic rings. The minimum Gasteiger partial charge on any atom is -0.493 e. The molecule has 160 valence electrons. The molecule has 0 bridgehead atoms. The second kappa shape index (κ2) is 9.22. The van der Waals surface area contributed by atoms with Crippen molar-refractivity contribution in [1.29, 1.82) is 0 Å². The van der Waals surface area contributed by atoms with Gasteiger partial charge in [0, 0.05) is 28.0 Å². The van der Waals surface area contributed by atoms with E-state index in [0.29, 0.717) is 33.8 Å². The van der Waals surface area contributed by atoms with Gasteiger partial charge < -0.3 is 19.0 Å². The van der Waals surface area contributed by atoms with Crippen LogP contribution in [0.5, 0.6) is 11.5 Å². The topological polar surface area (TPSA) is 81.3 Å². The lowest BCUT2D eigenvalue weighted by Gasteiger charge is -2.14. The maximum Gasteiger partial charge on any atom is 0.328 e. The average molecular weight is 427 g/mol. The lowest BCUT2D eigenvalue weighted by Crippen LogP contribution is -2.06. The standard InChI is InChI=1S/C26H21NO5/c1-30-22-15-20-19(13-14-24(28)29)25(17-9-5-3-6-10-17)32-26(21(20)16-23(22)31-2)27-18-11-7-4-8-12-18/h3-16H,1-2H3,(H,28,29)/b14-13+,27-26?. The van der Waals surface area contributed by atoms with Crippen molar-refractivity contribution in [2.45, 2.75) is 0 Å². The first kappa shape index (κ1) is 20.9. The van der Waals surface area contributed by atoms with Gasteiger partial charge in [-0.2, -0.15) is 0 Å². The fraction of sp³-hybridized carbons (Fsp3) is 0.0769. The molecular weight excluding hydrogens is 406 g/mol. The number of hydrogen-bond donors (Lipinski definition) is 1. The predicted molar refractivity (Wildman–Crippen MR) is 123 cm³/mol. The number of aliphatic carboxylic acids is 1. The summed E-state index contributed by atoms with van der Waals surface area (Å²) in [5.41, 5.74) is 2.49. The average Bonchev–Trinajstić information content (AvgIpc) is 2.83. The number of methoxy groups -OCH3 is 2. The third-order valence-electron chi connectivity index (χ3n) is 4.90. The molecule has 0 saturated heterocycles. The van der Waals surface area contributed by atoms with Crippen LogP contribution in [0.2, 0.25) is 0 Å². The minimum absolute atomic E-state index is 0.374. The summed E-state index contributed by atoms with van der Waals surface area (Å²) in [4.78, 5) is 16.0. The number of nitrogens with zero attached hydrogens (tertiary/aromatic N) is 1. The van der Waals surface area contributed by atoms with Gasteiger partial charge >= 0.3 is 5.97 Å². The molecule has 3 aromatic carbocycles. The Hall–Kier alpha value is -4.32. The van der Waals surface area contributed by atoms with Crippen molar-refractivity contribution in [2.24, 2.45) is 4.99 Å². The van der Waals surface area contributed by atoms with Crippen LogP contribution in [0, 0.1) is 0 Å². The second-order valence-electron chi connectivity index (χ2n) is 6.89. The molecule has 6 heteroatoms. The number of carboxylic acids is 1. The summed E-state index contributed by atoms with van der Waals surface area (Å²) in [5, 5.41) is 10.6. The third kappa shape index (κ3) is 4.25. The van der Waals surface area contributed by atoms with E-state index in [1.807, 2.05) is 66.7 Å². The molecule has 1 heterocycles. The van der Waals surface area contributed by atoms with Gasteiger partial charge in [-0.05, 0) is 30.3 Å². The van der Waals surface area contributed by atoms with Gasteiger partial charge in [0.2, 0.25) is 5.55 Å². The molecule has 0 spiro atoms. The van der Waals surface area contributed by atoms with Crippen molar-refractivity contribution in [3.8, 4) is 22.8 Å². The fourth-order valence-electron chi connectivity index (χ4n) is 3.43. The van der Waals surface area contributed by atoms with Gasteiger partial charge in [0.1, 0.15) is 5.76 Å². The first-order valence-corrected chi connectivity index (χ1v) is 9.89. The number of hydrogen-bond acceptors (Lipinski definition) is 5. The molecule has 0 aliphatic carbocycles. The molecule has 0 radical (unpaired) electrons. The van der Waals surface area contributed by atoms with E-state index in [1.54, 1.807) is 20.3 Å². The number of para-hydroxylation sites is 1. The summed E-state index contributed by atoms with van der Waals surface area (Å²) in [6, 6.07) is 22.5. The summed E-state index contributed by atoms with van der Waals surface area (Å²) in [6.45, 7) is 0. The summed E-state index contributed by atoms with van der Waals surface area (Å²) < 4.78 is 17.3. The Labute approximate surface area is 184 Å². The normalized spacial score (nSPS) is 11.8. The van der Waals surface area contributed by atoms with Crippen LogP contribution in [0.15, 0.2) is 88.3 Å². The largest absolute Gasteiger partial charge is 0.493 e. The van der Waals surface area contributed by atoms with Crippen molar-refractivity contribution in [3.63, 3.8) is 0 Å². The van der Waals surface area contributed by atoms with Gasteiger partial charge in [-0.15, -0.1) is 0 Å². The molecular formula is C26H21NO5. The molecule has 1 aromatic heterocycles. The lowest BCUT2D eigenvalue weighted by molar-refractivity contribution is -0.131. The highest BCUT2D eigenvalue weighted by molar-refractivity contribution is 5.99. The number of benzene rings is 3. The number of carboxylic acid groups (broad SMARTS) is 1. The van der Waals surface area contributed by atoms with Crippen LogP contribution in [0.1, 0.15) is 5.56 Å². The van der Waals surface area contributed by atoms with Crippen LogP contribution in [-0.4, -0.2) is 25.3 Å². The highest BCUT2D eigenvalue weighted by atomic mass is 16.5. The van der Waals surface area contributed by atoms with E-state index in [-0.39, 0.29) is 0 Å². The minimum atomic E-state index is -1.06. The second-order valence-corrected chi connectivity index (χ2v) is 6.89. The SMILES string of the molecule is COc1cc2c(/C=C/C(=O)O)c(-c3ccccc3)oc(=Nc3ccccc3)c2cc1OC. The van der Waals surface area contributed by atoms with Gasteiger partial charge in [-0.3, -0.25) is 0 Å². The molecule has 0 unspecified atom stereocenters. The molecule has 4 rings (SSSR count). The van der Waals surface area contributed by atoms with E-state index in [9.17, 15) is 9.90 Å². The smallest absolute Gasteiger partial charge is 0.328 e. The molecule has 0 atom stereocenters. The summed E-state index contributed by atoms with van der Waals surface area (Å²) in [6.07, 6.45) is 2.61. The monoisotopic (exact) mass is 427 g/mol. The van der Waals surface area contributed by atoms with Crippen LogP contribution in [0.25, 0.3) is 28.2 Å². The molecule has 0 aliphatic rings. The first-order chi connectivity index (χ1) is 15.6. The molecule has 0 aliphatic heterocycles. The number of ether oxygens (including phenoxy) is 2. The van der Waals surface area contributed by atoms with Crippen LogP contribution in [0.3, 0.4) is 0 Å². The molecule has 32 heavy (non-hydrogen) atoms. The Morgan fingerprint density at radius 1 is 0.906 bits per heavy atom. The van der Waals surface area contributed by atoms with Gasteiger partial charge in [-0.1, -0.05) is 48.5 Å². The summed E-state index contributed by atoms with van der Waals surface area (Å²) >= 11 is 0. The predicted octanol–water partition coefficient (Wildman–Crippen LogP) is 5.45. The van der Waals surface area contributed by atoms with Gasteiger partial charge in [0.25, 0.3) is 0 Å². The molecule has 1 N–H and O–H groups in total. The molecule has 0 amide bonds. The maximum absolute atomic E-state index is 11.3. The number of rotatable bonds is 6. The van der Waals surface area contributed by atoms with Crippen molar-refractivity contribution in [1.82, 2.24) is 0 Å². The van der Waals surface area contributed by atoms with Crippen LogP contribution >= 0.6 is 0 Å². The van der Waals surface area contributed by atoms with Crippen molar-refractivity contribution in [2.75, 3.05) is 14.2 Å². The Bertz CT molecular complexity index is 1360. The van der Waals surface area contributed by atoms with Gasteiger partial charge in [-0.25, -0.2) is 9.79 Å². The quantitative estimate of drug-likeness (QED) is 0.414. The third-order valence-corrected chi connectivity index (χ3v) is 4.90. The molecule has 0 fully saturated rings. The van der Waals surface area contributed by atoms with E-state index in [2.05, 4.69) is 0 Å². The van der Waals surface area contributed by atoms with Crippen LogP contribution in [-0.2, 0) is 4.79 Å². The van der Waals surface area contributed by atoms with E-state index >= 15 is 0 Å². The highest BCUT2D eigenvalue weighted by Gasteiger charge is 2.17. The summed E-state index contributed by atoms with van der Waals surface area (Å²) in [5.74, 6) is 0.467. The van der Waals surface area contributed by atoms with E-state index < -0.39 is 5.97 Å². The molecule has 0 saturated carbocycles. The highest BCUT2D eigenvalue weighted by Crippen LogP contribution is 2.36. The lowest BCUT2D eigenvalue weighted by atomic mass is 10.00. The van der Waals surface area contributed by atoms with E-state index in [0.717, 1.165) is 22.7 Å². The zero-order chi connectivity index (χ0) is 22.5. The maximum atomic E-state index is 11.3. The zero-order valence-electron chi connectivity index (χ0n) is 17.6. The molecule has 6 nitrogen and oxygen atoms in total. The van der Waals surface area contributed by atoms with E-state index in [1.165, 1.54) is 6.08 Å². The zero-order valence-corrected chi connectivity index (χ0v) is 17.6. The van der Waals surface area contributed by atoms with Crippen molar-refractivity contribution >= 4 is 28.5 Å². The van der Waals surface area contributed by atoms with Crippen LogP contribution in [0.4, 0.5) is 5.69 Å². The summed E-state index contributed by atoms with van der Waals surface area (Å²) in [7, 11) is 3.11. The Morgan fingerprint density at radius 2 is 1.50 bits per heavy atom. The number of fused-ring (bicyclic) bond motifs is 1. The fourth-order valence-corrected chi connectivity index (χ4v) is 3.43. The van der Waals surface area contributed by atoms with Crippen LogP contribution < -0.4 is 15.0 Å². The number of carbonyl (C=O) groups is 1. The van der Waals surface area contributed by atoms with E-state index in [4.69, 9.17) is 18.9 Å². The van der Waals surface area contributed by atoms with Crippen molar-refractivity contribution < 1.29 is 23.8 Å². The first-order valence-electron chi connectivity index (χ1n) is 9.89. The Kier molecular flexibility index (Phi) is 6.03. The van der Waals surface area contributed by atoms with Crippen molar-refractivity contribution in [3.05, 3.63) is 90.0 Å².